The molecule has 0 aromatic heterocycles. The highest BCUT2D eigenvalue weighted by Gasteiger charge is 2.01. The first kappa shape index (κ1) is 14.2. The molecule has 0 fully saturated rings. The van der Waals surface area contributed by atoms with E-state index in [0.29, 0.717) is 24.4 Å². The van der Waals surface area contributed by atoms with Crippen LogP contribution < -0.4 is 21.1 Å². The normalized spacial score (nSPS) is 9.89. The van der Waals surface area contributed by atoms with Crippen LogP contribution in [-0.2, 0) is 4.79 Å². The van der Waals surface area contributed by atoms with Crippen molar-refractivity contribution >= 4 is 17.3 Å². The number of carbonyl (C=O) groups is 1. The van der Waals surface area contributed by atoms with Crippen molar-refractivity contribution in [2.75, 3.05) is 31.2 Å². The molecule has 0 aliphatic heterocycles. The zero-order valence-corrected chi connectivity index (χ0v) is 11.0. The maximum atomic E-state index is 11.4. The van der Waals surface area contributed by atoms with Gasteiger partial charge < -0.3 is 21.1 Å². The molecule has 100 valence electrons. The molecule has 1 aromatic rings. The third-order valence-electron chi connectivity index (χ3n) is 2.42. The topological polar surface area (TPSA) is 76.4 Å². The van der Waals surface area contributed by atoms with Gasteiger partial charge in [-0.1, -0.05) is 6.92 Å². The van der Waals surface area contributed by atoms with E-state index in [2.05, 4.69) is 10.6 Å². The average Bonchev–Trinajstić information content (AvgIpc) is 2.35. The molecule has 0 saturated carbocycles. The van der Waals surface area contributed by atoms with Crippen LogP contribution in [0.2, 0.25) is 0 Å². The Balaban J connectivity index is 2.39. The second-order valence-corrected chi connectivity index (χ2v) is 4.02. The molecule has 0 unspecified atom stereocenters. The number of anilines is 2. The zero-order valence-electron chi connectivity index (χ0n) is 11.0. The lowest BCUT2D eigenvalue weighted by atomic mass is 10.2. The molecular formula is C13H21N3O2. The van der Waals surface area contributed by atoms with Crippen LogP contribution in [0.3, 0.4) is 0 Å². The lowest BCUT2D eigenvalue weighted by Crippen LogP contribution is -2.25. The van der Waals surface area contributed by atoms with Crippen LogP contribution in [0, 0.1) is 0 Å². The minimum atomic E-state index is 0.0558. The Bertz CT molecular complexity index is 394. The van der Waals surface area contributed by atoms with Crippen LogP contribution >= 0.6 is 0 Å². The Labute approximate surface area is 108 Å². The molecule has 5 nitrogen and oxygen atoms in total. The number of amides is 1. The van der Waals surface area contributed by atoms with E-state index in [0.717, 1.165) is 18.7 Å². The van der Waals surface area contributed by atoms with Crippen molar-refractivity contribution in [3.05, 3.63) is 18.2 Å². The standard InChI is InChI=1S/C13H21N3O2/c1-3-5-16-13(17)4-6-15-11-7-10(14)8-12(9-11)18-2/h7-9,15H,3-6,14H2,1-2H3,(H,16,17). The number of ether oxygens (including phenoxy) is 1. The number of rotatable bonds is 7. The van der Waals surface area contributed by atoms with E-state index in [1.54, 1.807) is 13.2 Å². The van der Waals surface area contributed by atoms with Gasteiger partial charge in [0.05, 0.1) is 7.11 Å². The van der Waals surface area contributed by atoms with Gasteiger partial charge in [-0.2, -0.15) is 0 Å². The fourth-order valence-electron chi connectivity index (χ4n) is 1.52. The maximum absolute atomic E-state index is 11.4. The highest BCUT2D eigenvalue weighted by molar-refractivity contribution is 5.76. The molecule has 4 N–H and O–H groups in total. The predicted molar refractivity (Wildman–Crippen MR) is 73.8 cm³/mol. The summed E-state index contributed by atoms with van der Waals surface area (Å²) in [6.07, 6.45) is 1.39. The van der Waals surface area contributed by atoms with Crippen LogP contribution in [0.1, 0.15) is 19.8 Å². The van der Waals surface area contributed by atoms with Gasteiger partial charge >= 0.3 is 0 Å². The third kappa shape index (κ3) is 4.95. The van der Waals surface area contributed by atoms with Gasteiger partial charge in [0, 0.05) is 43.0 Å². The van der Waals surface area contributed by atoms with Crippen molar-refractivity contribution in [2.45, 2.75) is 19.8 Å². The summed E-state index contributed by atoms with van der Waals surface area (Å²) in [6, 6.07) is 5.41. The molecule has 1 amide bonds. The molecular weight excluding hydrogens is 230 g/mol. The fraction of sp³-hybridized carbons (Fsp3) is 0.462. The summed E-state index contributed by atoms with van der Waals surface area (Å²) in [5, 5.41) is 5.97. The molecule has 0 atom stereocenters. The lowest BCUT2D eigenvalue weighted by molar-refractivity contribution is -0.120. The molecule has 0 saturated heterocycles. The number of nitrogens with two attached hydrogens (primary N) is 1. The minimum absolute atomic E-state index is 0.0558. The number of hydrogen-bond acceptors (Lipinski definition) is 4. The molecule has 0 bridgehead atoms. The van der Waals surface area contributed by atoms with E-state index >= 15 is 0 Å². The van der Waals surface area contributed by atoms with E-state index in [-0.39, 0.29) is 5.91 Å². The van der Waals surface area contributed by atoms with Crippen molar-refractivity contribution in [2.24, 2.45) is 0 Å². The number of benzene rings is 1. The summed E-state index contributed by atoms with van der Waals surface area (Å²) in [5.41, 5.74) is 7.22. The average molecular weight is 251 g/mol. The first-order valence-corrected chi connectivity index (χ1v) is 6.10. The largest absolute Gasteiger partial charge is 0.497 e. The summed E-state index contributed by atoms with van der Waals surface area (Å²) >= 11 is 0. The molecule has 0 spiro atoms. The van der Waals surface area contributed by atoms with Crippen LogP contribution in [0.25, 0.3) is 0 Å². The van der Waals surface area contributed by atoms with Crippen molar-refractivity contribution < 1.29 is 9.53 Å². The summed E-state index contributed by atoms with van der Waals surface area (Å²) < 4.78 is 5.12. The van der Waals surface area contributed by atoms with E-state index < -0.39 is 0 Å². The Morgan fingerprint density at radius 3 is 2.78 bits per heavy atom. The first-order chi connectivity index (χ1) is 8.65. The maximum Gasteiger partial charge on any atom is 0.221 e. The molecule has 1 aromatic carbocycles. The van der Waals surface area contributed by atoms with Crippen LogP contribution in [0.15, 0.2) is 18.2 Å². The molecule has 0 aliphatic rings. The molecule has 1 rings (SSSR count). The summed E-state index contributed by atoms with van der Waals surface area (Å²) in [4.78, 5) is 11.4. The van der Waals surface area contributed by atoms with E-state index in [1.807, 2.05) is 19.1 Å². The summed E-state index contributed by atoms with van der Waals surface area (Å²) in [7, 11) is 1.59. The molecule has 0 radical (unpaired) electrons. The van der Waals surface area contributed by atoms with Gasteiger partial charge in [0.2, 0.25) is 5.91 Å². The van der Waals surface area contributed by atoms with Gasteiger partial charge in [-0.3, -0.25) is 4.79 Å². The van der Waals surface area contributed by atoms with Crippen molar-refractivity contribution in [1.82, 2.24) is 5.32 Å². The second kappa shape index (κ2) is 7.42. The number of nitrogens with one attached hydrogen (secondary N) is 2. The monoisotopic (exact) mass is 251 g/mol. The first-order valence-electron chi connectivity index (χ1n) is 6.10. The van der Waals surface area contributed by atoms with Gasteiger partial charge in [-0.15, -0.1) is 0 Å². The zero-order chi connectivity index (χ0) is 13.4. The number of methoxy groups -OCH3 is 1. The van der Waals surface area contributed by atoms with Crippen LogP contribution in [-0.4, -0.2) is 26.1 Å². The van der Waals surface area contributed by atoms with Gasteiger partial charge in [0.25, 0.3) is 0 Å². The Morgan fingerprint density at radius 1 is 1.33 bits per heavy atom. The predicted octanol–water partition coefficient (Wildman–Crippen LogP) is 1.61. The van der Waals surface area contributed by atoms with Crippen molar-refractivity contribution in [3.63, 3.8) is 0 Å². The smallest absolute Gasteiger partial charge is 0.221 e. The van der Waals surface area contributed by atoms with Gasteiger partial charge in [0.1, 0.15) is 5.75 Å². The second-order valence-electron chi connectivity index (χ2n) is 4.02. The molecule has 5 heteroatoms. The Kier molecular flexibility index (Phi) is 5.84. The molecule has 0 aliphatic carbocycles. The number of carbonyl (C=O) groups excluding carboxylic acids is 1. The Morgan fingerprint density at radius 2 is 2.11 bits per heavy atom. The number of nitrogen functional groups attached to an aromatic ring is 1. The Hall–Kier alpha value is -1.91. The van der Waals surface area contributed by atoms with E-state index in [4.69, 9.17) is 10.5 Å². The molecule has 0 heterocycles. The fourth-order valence-corrected chi connectivity index (χ4v) is 1.52. The summed E-state index contributed by atoms with van der Waals surface area (Å²) in [5.74, 6) is 0.758. The van der Waals surface area contributed by atoms with Crippen LogP contribution in [0.5, 0.6) is 5.75 Å². The SMILES string of the molecule is CCCNC(=O)CCNc1cc(N)cc(OC)c1. The van der Waals surface area contributed by atoms with Crippen molar-refractivity contribution in [1.29, 1.82) is 0 Å². The van der Waals surface area contributed by atoms with Gasteiger partial charge in [-0.25, -0.2) is 0 Å². The summed E-state index contributed by atoms with van der Waals surface area (Å²) in [6.45, 7) is 3.32. The highest BCUT2D eigenvalue weighted by atomic mass is 16.5. The molecule has 18 heavy (non-hydrogen) atoms. The highest BCUT2D eigenvalue weighted by Crippen LogP contribution is 2.21. The quantitative estimate of drug-likeness (QED) is 0.643. The lowest BCUT2D eigenvalue weighted by Gasteiger charge is -2.09. The van der Waals surface area contributed by atoms with Crippen LogP contribution in [0.4, 0.5) is 11.4 Å². The van der Waals surface area contributed by atoms with Crippen molar-refractivity contribution in [3.8, 4) is 5.75 Å². The van der Waals surface area contributed by atoms with Gasteiger partial charge in [-0.05, 0) is 12.5 Å². The van der Waals surface area contributed by atoms with E-state index in [9.17, 15) is 4.79 Å². The minimum Gasteiger partial charge on any atom is -0.497 e. The number of hydrogen-bond donors (Lipinski definition) is 3. The third-order valence-corrected chi connectivity index (χ3v) is 2.42. The van der Waals surface area contributed by atoms with E-state index in [1.165, 1.54) is 0 Å². The van der Waals surface area contributed by atoms with Gasteiger partial charge in [0.15, 0.2) is 0 Å².